The first-order chi connectivity index (χ1) is 10.1. The Morgan fingerprint density at radius 1 is 1.43 bits per heavy atom. The Labute approximate surface area is 126 Å². The van der Waals surface area contributed by atoms with Crippen molar-refractivity contribution in [1.82, 2.24) is 5.32 Å². The molecule has 4 nitrogen and oxygen atoms in total. The topological polar surface area (TPSA) is 50.7 Å². The van der Waals surface area contributed by atoms with Crippen molar-refractivity contribution in [2.75, 3.05) is 6.61 Å². The molecule has 2 rings (SSSR count). The Bertz CT molecular complexity index is 597. The molecule has 21 heavy (non-hydrogen) atoms. The van der Waals surface area contributed by atoms with Crippen LogP contribution in [0.2, 0.25) is 0 Å². The summed E-state index contributed by atoms with van der Waals surface area (Å²) >= 11 is 1.53. The highest BCUT2D eigenvalue weighted by Gasteiger charge is 2.09. The third-order valence-electron chi connectivity index (χ3n) is 2.74. The third-order valence-corrected chi connectivity index (χ3v) is 3.55. The molecule has 110 valence electrons. The quantitative estimate of drug-likeness (QED) is 0.658. The Balaban J connectivity index is 1.75. The lowest BCUT2D eigenvalue weighted by molar-refractivity contribution is -0.126. The predicted octanol–water partition coefficient (Wildman–Crippen LogP) is 3.12. The van der Waals surface area contributed by atoms with Crippen molar-refractivity contribution in [2.24, 2.45) is 5.16 Å². The summed E-state index contributed by atoms with van der Waals surface area (Å²) in [6.45, 7) is 1.66. The molecule has 0 aliphatic heterocycles. The number of amides is 1. The highest BCUT2D eigenvalue weighted by molar-refractivity contribution is 7.11. The maximum Gasteiger partial charge on any atom is 0.261 e. The molecule has 2 aromatic rings. The largest absolute Gasteiger partial charge is 0.386 e. The van der Waals surface area contributed by atoms with Crippen LogP contribution in [0.5, 0.6) is 0 Å². The van der Waals surface area contributed by atoms with Crippen molar-refractivity contribution >= 4 is 23.5 Å². The fourth-order valence-electron chi connectivity index (χ4n) is 1.67. The van der Waals surface area contributed by atoms with Crippen LogP contribution in [0.4, 0.5) is 4.39 Å². The molecule has 0 radical (unpaired) electrons. The van der Waals surface area contributed by atoms with Gasteiger partial charge in [0.25, 0.3) is 5.91 Å². The summed E-state index contributed by atoms with van der Waals surface area (Å²) in [5, 5.41) is 8.40. The molecule has 1 unspecified atom stereocenters. The first-order valence-electron chi connectivity index (χ1n) is 6.39. The fourth-order valence-corrected chi connectivity index (χ4v) is 2.24. The average molecular weight is 306 g/mol. The van der Waals surface area contributed by atoms with E-state index in [4.69, 9.17) is 4.84 Å². The molecule has 1 N–H and O–H groups in total. The van der Waals surface area contributed by atoms with Gasteiger partial charge in [-0.2, -0.15) is 0 Å². The molecule has 1 aromatic carbocycles. The first-order valence-corrected chi connectivity index (χ1v) is 7.27. The number of rotatable bonds is 6. The summed E-state index contributed by atoms with van der Waals surface area (Å²) in [7, 11) is 0. The molecule has 1 amide bonds. The molecule has 1 heterocycles. The standard InChI is InChI=1S/C15H15FN2O2S/c1-11(12-4-6-13(16)7-5-12)18-15(19)10-20-17-9-14-3-2-8-21-14/h2-9,11H,10H2,1H3,(H,18,19)/b17-9+. The van der Waals surface area contributed by atoms with Crippen LogP contribution in [-0.2, 0) is 9.63 Å². The zero-order chi connectivity index (χ0) is 15.1. The second-order valence-electron chi connectivity index (χ2n) is 4.36. The zero-order valence-electron chi connectivity index (χ0n) is 11.5. The van der Waals surface area contributed by atoms with Gasteiger partial charge in [0.1, 0.15) is 5.82 Å². The molecule has 0 saturated heterocycles. The third kappa shape index (κ3) is 5.00. The number of nitrogens with one attached hydrogen (secondary N) is 1. The lowest BCUT2D eigenvalue weighted by atomic mass is 10.1. The van der Waals surface area contributed by atoms with Crippen LogP contribution in [0.25, 0.3) is 0 Å². The van der Waals surface area contributed by atoms with E-state index in [1.165, 1.54) is 23.5 Å². The fraction of sp³-hybridized carbons (Fsp3) is 0.200. The number of oxime groups is 1. The van der Waals surface area contributed by atoms with Crippen molar-refractivity contribution in [3.05, 3.63) is 58.0 Å². The number of hydrogen-bond acceptors (Lipinski definition) is 4. The Kier molecular flexibility index (Phi) is 5.45. The highest BCUT2D eigenvalue weighted by atomic mass is 32.1. The van der Waals surface area contributed by atoms with Crippen molar-refractivity contribution in [3.63, 3.8) is 0 Å². The van der Waals surface area contributed by atoms with Gasteiger partial charge < -0.3 is 10.2 Å². The van der Waals surface area contributed by atoms with Crippen LogP contribution in [0, 0.1) is 5.82 Å². The van der Waals surface area contributed by atoms with Crippen molar-refractivity contribution < 1.29 is 14.0 Å². The molecular weight excluding hydrogens is 291 g/mol. The van der Waals surface area contributed by atoms with Crippen LogP contribution in [0.1, 0.15) is 23.4 Å². The maximum absolute atomic E-state index is 12.8. The van der Waals surface area contributed by atoms with Crippen LogP contribution in [0.3, 0.4) is 0 Å². The van der Waals surface area contributed by atoms with Crippen LogP contribution >= 0.6 is 11.3 Å². The van der Waals surface area contributed by atoms with E-state index in [1.54, 1.807) is 18.3 Å². The molecule has 0 bridgehead atoms. The molecule has 0 spiro atoms. The Morgan fingerprint density at radius 2 is 2.19 bits per heavy atom. The number of thiophene rings is 1. The number of benzene rings is 1. The van der Waals surface area contributed by atoms with Crippen LogP contribution in [-0.4, -0.2) is 18.7 Å². The smallest absolute Gasteiger partial charge is 0.261 e. The monoisotopic (exact) mass is 306 g/mol. The zero-order valence-corrected chi connectivity index (χ0v) is 12.3. The molecule has 6 heteroatoms. The summed E-state index contributed by atoms with van der Waals surface area (Å²) < 4.78 is 12.8. The molecule has 0 fully saturated rings. The van der Waals surface area contributed by atoms with E-state index in [-0.39, 0.29) is 24.4 Å². The second-order valence-corrected chi connectivity index (χ2v) is 5.34. The van der Waals surface area contributed by atoms with E-state index < -0.39 is 0 Å². The Morgan fingerprint density at radius 3 is 2.86 bits per heavy atom. The highest BCUT2D eigenvalue weighted by Crippen LogP contribution is 2.12. The summed E-state index contributed by atoms with van der Waals surface area (Å²) in [4.78, 5) is 17.6. The van der Waals surface area contributed by atoms with Gasteiger partial charge in [0.2, 0.25) is 0 Å². The van der Waals surface area contributed by atoms with E-state index in [0.29, 0.717) is 0 Å². The normalized spacial score (nSPS) is 12.3. The first kappa shape index (κ1) is 15.2. The van der Waals surface area contributed by atoms with Gasteiger partial charge in [0.05, 0.1) is 12.3 Å². The van der Waals surface area contributed by atoms with Gasteiger partial charge in [-0.25, -0.2) is 4.39 Å². The molecule has 0 aliphatic carbocycles. The molecule has 1 atom stereocenters. The number of carbonyl (C=O) groups excluding carboxylic acids is 1. The summed E-state index contributed by atoms with van der Waals surface area (Å²) in [5.41, 5.74) is 0.826. The minimum Gasteiger partial charge on any atom is -0.386 e. The van der Waals surface area contributed by atoms with E-state index >= 15 is 0 Å². The van der Waals surface area contributed by atoms with Crippen LogP contribution in [0.15, 0.2) is 46.9 Å². The number of hydrogen-bond donors (Lipinski definition) is 1. The van der Waals surface area contributed by atoms with Gasteiger partial charge >= 0.3 is 0 Å². The molecule has 1 aromatic heterocycles. The predicted molar refractivity (Wildman–Crippen MR) is 80.8 cm³/mol. The van der Waals surface area contributed by atoms with Gasteiger partial charge in [-0.1, -0.05) is 23.4 Å². The van der Waals surface area contributed by atoms with Gasteiger partial charge in [0.15, 0.2) is 6.61 Å². The molecule has 0 saturated carbocycles. The van der Waals surface area contributed by atoms with Gasteiger partial charge in [-0.15, -0.1) is 11.3 Å². The van der Waals surface area contributed by atoms with E-state index in [2.05, 4.69) is 10.5 Å². The molecule has 0 aliphatic rings. The van der Waals surface area contributed by atoms with Gasteiger partial charge in [0, 0.05) is 4.88 Å². The summed E-state index contributed by atoms with van der Waals surface area (Å²) in [6.07, 6.45) is 1.56. The molecular formula is C15H15FN2O2S. The van der Waals surface area contributed by atoms with Gasteiger partial charge in [-0.3, -0.25) is 4.79 Å². The average Bonchev–Trinajstić information content (AvgIpc) is 2.97. The minimum atomic E-state index is -0.302. The minimum absolute atomic E-state index is 0.159. The van der Waals surface area contributed by atoms with Gasteiger partial charge in [-0.05, 0) is 36.1 Å². The lowest BCUT2D eigenvalue weighted by Gasteiger charge is -2.13. The number of halogens is 1. The van der Waals surface area contributed by atoms with Crippen molar-refractivity contribution in [2.45, 2.75) is 13.0 Å². The Hall–Kier alpha value is -2.21. The van der Waals surface area contributed by atoms with Crippen molar-refractivity contribution in [3.8, 4) is 0 Å². The van der Waals surface area contributed by atoms with E-state index in [1.807, 2.05) is 24.4 Å². The second kappa shape index (κ2) is 7.54. The summed E-state index contributed by atoms with van der Waals surface area (Å²) in [5.74, 6) is -0.585. The van der Waals surface area contributed by atoms with Crippen LogP contribution < -0.4 is 5.32 Å². The summed E-state index contributed by atoms with van der Waals surface area (Å²) in [6, 6.07) is 9.58. The maximum atomic E-state index is 12.8. The SMILES string of the molecule is CC(NC(=O)CO/N=C/c1cccs1)c1ccc(F)cc1. The van der Waals surface area contributed by atoms with E-state index in [9.17, 15) is 9.18 Å². The van der Waals surface area contributed by atoms with E-state index in [0.717, 1.165) is 10.4 Å². The number of nitrogens with zero attached hydrogens (tertiary/aromatic N) is 1. The number of carbonyl (C=O) groups is 1. The lowest BCUT2D eigenvalue weighted by Crippen LogP contribution is -2.29. The van der Waals surface area contributed by atoms with Crippen molar-refractivity contribution in [1.29, 1.82) is 0 Å².